The van der Waals surface area contributed by atoms with Crippen LogP contribution in [0.2, 0.25) is 5.02 Å². The van der Waals surface area contributed by atoms with Crippen molar-refractivity contribution in [3.8, 4) is 0 Å². The molecule has 1 N–H and O–H groups in total. The van der Waals surface area contributed by atoms with Crippen molar-refractivity contribution in [2.45, 2.75) is 71.0 Å². The number of ether oxygens (including phenoxy) is 1. The van der Waals surface area contributed by atoms with Gasteiger partial charge in [0.15, 0.2) is 0 Å². The van der Waals surface area contributed by atoms with Crippen molar-refractivity contribution in [3.63, 3.8) is 0 Å². The summed E-state index contributed by atoms with van der Waals surface area (Å²) in [6, 6.07) is 7.09. The predicted molar refractivity (Wildman–Crippen MR) is 112 cm³/mol. The molecule has 1 aliphatic carbocycles. The summed E-state index contributed by atoms with van der Waals surface area (Å²) in [7, 11) is 0. The first-order valence-corrected chi connectivity index (χ1v) is 11.3. The molecular weight excluding hydrogens is 372 g/mol. The van der Waals surface area contributed by atoms with Gasteiger partial charge in [-0.3, -0.25) is 4.79 Å². The molecule has 4 rings (SSSR count). The molecule has 1 aromatic rings. The van der Waals surface area contributed by atoms with Gasteiger partial charge in [0.2, 0.25) is 5.91 Å². The monoisotopic (exact) mass is 404 g/mol. The summed E-state index contributed by atoms with van der Waals surface area (Å²) >= 11 is 6.20. The van der Waals surface area contributed by atoms with E-state index < -0.39 is 0 Å². The molecule has 154 valence electrons. The minimum Gasteiger partial charge on any atom is -0.381 e. The molecule has 28 heavy (non-hydrogen) atoms. The molecule has 4 nitrogen and oxygen atoms in total. The fraction of sp³-hybridized carbons (Fsp3) is 0.696. The average molecular weight is 405 g/mol. The summed E-state index contributed by atoms with van der Waals surface area (Å²) in [5, 5.41) is 4.60. The molecule has 2 fully saturated rings. The van der Waals surface area contributed by atoms with Crippen LogP contribution in [0.15, 0.2) is 18.2 Å². The summed E-state index contributed by atoms with van der Waals surface area (Å²) in [5.41, 5.74) is 2.30. The zero-order valence-electron chi connectivity index (χ0n) is 17.2. The number of hydrogen-bond donors (Lipinski definition) is 1. The van der Waals surface area contributed by atoms with Crippen LogP contribution in [0.4, 0.5) is 0 Å². The van der Waals surface area contributed by atoms with E-state index in [1.807, 2.05) is 12.1 Å². The van der Waals surface area contributed by atoms with Crippen LogP contribution in [-0.2, 0) is 22.5 Å². The van der Waals surface area contributed by atoms with E-state index in [4.69, 9.17) is 16.3 Å². The molecular formula is C23H33ClN2O2. The van der Waals surface area contributed by atoms with E-state index in [1.54, 1.807) is 0 Å². The zero-order valence-corrected chi connectivity index (χ0v) is 17.9. The highest BCUT2D eigenvalue weighted by Crippen LogP contribution is 2.46. The lowest BCUT2D eigenvalue weighted by molar-refractivity contribution is -0.145. The molecule has 1 unspecified atom stereocenters. The maximum Gasteiger partial charge on any atom is 0.229 e. The third-order valence-electron chi connectivity index (χ3n) is 7.24. The lowest BCUT2D eigenvalue weighted by Crippen LogP contribution is -2.48. The highest BCUT2D eigenvalue weighted by Gasteiger charge is 2.49. The summed E-state index contributed by atoms with van der Waals surface area (Å²) in [6.07, 6.45) is 6.14. The Balaban J connectivity index is 1.46. The Labute approximate surface area is 174 Å². The molecule has 1 saturated carbocycles. The molecule has 0 spiro atoms. The van der Waals surface area contributed by atoms with Crippen LogP contribution in [0, 0.1) is 11.3 Å². The van der Waals surface area contributed by atoms with Crippen molar-refractivity contribution >= 4 is 17.5 Å². The first-order chi connectivity index (χ1) is 13.5. The Morgan fingerprint density at radius 2 is 2.00 bits per heavy atom. The van der Waals surface area contributed by atoms with Gasteiger partial charge < -0.3 is 15.0 Å². The van der Waals surface area contributed by atoms with Crippen LogP contribution >= 0.6 is 11.6 Å². The first-order valence-electron chi connectivity index (χ1n) is 10.9. The first kappa shape index (κ1) is 20.2. The van der Waals surface area contributed by atoms with Gasteiger partial charge in [0.1, 0.15) is 0 Å². The van der Waals surface area contributed by atoms with Crippen LogP contribution in [0.25, 0.3) is 0 Å². The van der Waals surface area contributed by atoms with Crippen LogP contribution in [-0.4, -0.2) is 42.6 Å². The highest BCUT2D eigenvalue weighted by atomic mass is 35.5. The van der Waals surface area contributed by atoms with Gasteiger partial charge in [-0.05, 0) is 67.7 Å². The molecule has 2 atom stereocenters. The number of halogens is 1. The van der Waals surface area contributed by atoms with Gasteiger partial charge in [-0.1, -0.05) is 31.5 Å². The number of benzene rings is 1. The fourth-order valence-corrected chi connectivity index (χ4v) is 5.59. The lowest BCUT2D eigenvalue weighted by atomic mass is 9.73. The van der Waals surface area contributed by atoms with Crippen molar-refractivity contribution in [3.05, 3.63) is 34.3 Å². The standard InChI is InChI=1S/C23H33ClN2O2/c1-16(2)23(9-5-21(14-23)25-20-7-11-28-12-8-20)22(27)26-10-6-17-3-4-19(24)13-18(17)15-26/h3-4,13,16,20-21,25H,5-12,14-15H2,1-2H3/t21?,23-/m1/s1. The number of fused-ring (bicyclic) bond motifs is 1. The van der Waals surface area contributed by atoms with E-state index in [0.29, 0.717) is 30.5 Å². The zero-order chi connectivity index (χ0) is 19.7. The second-order valence-electron chi connectivity index (χ2n) is 9.19. The number of hydrogen-bond acceptors (Lipinski definition) is 3. The third-order valence-corrected chi connectivity index (χ3v) is 7.48. The Bertz CT molecular complexity index is 717. The van der Waals surface area contributed by atoms with Gasteiger partial charge in [-0.25, -0.2) is 0 Å². The second kappa shape index (κ2) is 8.33. The van der Waals surface area contributed by atoms with Crippen molar-refractivity contribution in [2.75, 3.05) is 19.8 Å². The normalized spacial score (nSPS) is 28.6. The van der Waals surface area contributed by atoms with Crippen LogP contribution in [0.5, 0.6) is 0 Å². The molecule has 0 aromatic heterocycles. The number of carbonyl (C=O) groups excluding carboxylic acids is 1. The number of nitrogens with zero attached hydrogens (tertiary/aromatic N) is 1. The summed E-state index contributed by atoms with van der Waals surface area (Å²) in [6.45, 7) is 7.68. The van der Waals surface area contributed by atoms with E-state index in [9.17, 15) is 4.79 Å². The van der Waals surface area contributed by atoms with Crippen molar-refractivity contribution < 1.29 is 9.53 Å². The minimum absolute atomic E-state index is 0.237. The Morgan fingerprint density at radius 3 is 2.75 bits per heavy atom. The van der Waals surface area contributed by atoms with Crippen molar-refractivity contribution in [2.24, 2.45) is 11.3 Å². The number of rotatable bonds is 4. The van der Waals surface area contributed by atoms with Gasteiger partial charge in [0.05, 0.1) is 5.41 Å². The summed E-state index contributed by atoms with van der Waals surface area (Å²) in [5.74, 6) is 0.701. The quantitative estimate of drug-likeness (QED) is 0.818. The summed E-state index contributed by atoms with van der Waals surface area (Å²) < 4.78 is 5.49. The smallest absolute Gasteiger partial charge is 0.229 e. The van der Waals surface area contributed by atoms with E-state index >= 15 is 0 Å². The van der Waals surface area contributed by atoms with Gasteiger partial charge >= 0.3 is 0 Å². The number of nitrogens with one attached hydrogen (secondary N) is 1. The fourth-order valence-electron chi connectivity index (χ4n) is 5.39. The van der Waals surface area contributed by atoms with Crippen LogP contribution in [0.3, 0.4) is 0 Å². The molecule has 0 radical (unpaired) electrons. The maximum absolute atomic E-state index is 13.7. The number of amides is 1. The third kappa shape index (κ3) is 3.96. The molecule has 3 aliphatic rings. The minimum atomic E-state index is -0.237. The van der Waals surface area contributed by atoms with Gasteiger partial charge in [-0.2, -0.15) is 0 Å². The Hall–Kier alpha value is -1.10. The molecule has 2 heterocycles. The Morgan fingerprint density at radius 1 is 1.21 bits per heavy atom. The van der Waals surface area contributed by atoms with E-state index in [1.165, 1.54) is 11.1 Å². The average Bonchev–Trinajstić information content (AvgIpc) is 3.13. The maximum atomic E-state index is 13.7. The molecule has 1 amide bonds. The largest absolute Gasteiger partial charge is 0.381 e. The van der Waals surface area contributed by atoms with Crippen LogP contribution < -0.4 is 5.32 Å². The summed E-state index contributed by atoms with van der Waals surface area (Å²) in [4.78, 5) is 15.8. The lowest BCUT2D eigenvalue weighted by Gasteiger charge is -2.40. The highest BCUT2D eigenvalue weighted by molar-refractivity contribution is 6.30. The van der Waals surface area contributed by atoms with Gasteiger partial charge in [0, 0.05) is 43.4 Å². The molecule has 5 heteroatoms. The topological polar surface area (TPSA) is 41.6 Å². The Kier molecular flexibility index (Phi) is 6.01. The van der Waals surface area contributed by atoms with Crippen LogP contribution in [0.1, 0.15) is 57.1 Å². The molecule has 2 aliphatic heterocycles. The van der Waals surface area contributed by atoms with E-state index in [0.717, 1.165) is 63.3 Å². The van der Waals surface area contributed by atoms with Gasteiger partial charge in [-0.15, -0.1) is 0 Å². The van der Waals surface area contributed by atoms with Gasteiger partial charge in [0.25, 0.3) is 0 Å². The molecule has 1 aromatic carbocycles. The second-order valence-corrected chi connectivity index (χ2v) is 9.63. The van der Waals surface area contributed by atoms with Crippen molar-refractivity contribution in [1.82, 2.24) is 10.2 Å². The number of carbonyl (C=O) groups is 1. The van der Waals surface area contributed by atoms with E-state index in [-0.39, 0.29) is 5.41 Å². The molecule has 0 bridgehead atoms. The van der Waals surface area contributed by atoms with E-state index in [2.05, 4.69) is 30.1 Å². The SMILES string of the molecule is CC(C)[C@@]1(C(=O)N2CCc3ccc(Cl)cc3C2)CCC(NC2CCOCC2)C1. The van der Waals surface area contributed by atoms with Crippen molar-refractivity contribution in [1.29, 1.82) is 0 Å². The molecule has 1 saturated heterocycles. The predicted octanol–water partition coefficient (Wildman–Crippen LogP) is 4.19.